The van der Waals surface area contributed by atoms with Gasteiger partial charge in [0.2, 0.25) is 5.78 Å². The van der Waals surface area contributed by atoms with Gasteiger partial charge in [0.25, 0.3) is 0 Å². The third kappa shape index (κ3) is 2.95. The van der Waals surface area contributed by atoms with Crippen molar-refractivity contribution in [3.05, 3.63) is 29.8 Å². The van der Waals surface area contributed by atoms with E-state index in [2.05, 4.69) is 0 Å². The van der Waals surface area contributed by atoms with Crippen LogP contribution in [0, 0.1) is 0 Å². The molecule has 0 saturated heterocycles. The highest BCUT2D eigenvalue weighted by Gasteiger charge is 2.02. The number of allylic oxidation sites excluding steroid dienone is 1. The number of aldehydes is 1. The van der Waals surface area contributed by atoms with Crippen molar-refractivity contribution in [3.63, 3.8) is 0 Å². The summed E-state index contributed by atoms with van der Waals surface area (Å²) in [7, 11) is 3.07. The first-order chi connectivity index (χ1) is 7.71. The van der Waals surface area contributed by atoms with Crippen LogP contribution in [0.3, 0.4) is 0 Å². The summed E-state index contributed by atoms with van der Waals surface area (Å²) in [6.07, 6.45) is 3.00. The topological polar surface area (TPSA) is 52.6 Å². The van der Waals surface area contributed by atoms with E-state index in [4.69, 9.17) is 9.47 Å². The van der Waals surface area contributed by atoms with Gasteiger partial charge in [-0.1, -0.05) is 12.1 Å². The van der Waals surface area contributed by atoms with E-state index in [1.807, 2.05) is 0 Å². The van der Waals surface area contributed by atoms with Crippen LogP contribution in [0.4, 0.5) is 0 Å². The van der Waals surface area contributed by atoms with Gasteiger partial charge in [0.1, 0.15) is 0 Å². The van der Waals surface area contributed by atoms with Crippen LogP contribution in [-0.2, 0) is 9.59 Å². The number of ether oxygens (including phenoxy) is 2. The van der Waals surface area contributed by atoms with Crippen molar-refractivity contribution in [3.8, 4) is 11.5 Å². The van der Waals surface area contributed by atoms with Crippen molar-refractivity contribution in [2.45, 2.75) is 0 Å². The van der Waals surface area contributed by atoms with Crippen molar-refractivity contribution in [2.75, 3.05) is 14.2 Å². The lowest BCUT2D eigenvalue weighted by Gasteiger charge is -2.07. The molecule has 0 bridgehead atoms. The molecule has 4 heteroatoms. The molecule has 0 aliphatic heterocycles. The SMILES string of the molecule is COc1ccc(/C=C/C(=O)C=O)cc1OC. The number of carbonyl (C=O) groups excluding carboxylic acids is 2. The van der Waals surface area contributed by atoms with E-state index in [1.165, 1.54) is 13.2 Å². The molecule has 0 amide bonds. The Kier molecular flexibility index (Phi) is 4.27. The average molecular weight is 220 g/mol. The largest absolute Gasteiger partial charge is 0.493 e. The first-order valence-electron chi connectivity index (χ1n) is 4.60. The highest BCUT2D eigenvalue weighted by molar-refractivity contribution is 6.31. The molecule has 1 aromatic rings. The molecule has 0 fully saturated rings. The standard InChI is InChI=1S/C12H12O4/c1-15-11-6-4-9(7-12(11)16-2)3-5-10(14)8-13/h3-8H,1-2H3/b5-3+. The minimum Gasteiger partial charge on any atom is -0.493 e. The van der Waals surface area contributed by atoms with Crippen LogP contribution >= 0.6 is 0 Å². The van der Waals surface area contributed by atoms with Crippen molar-refractivity contribution >= 4 is 18.1 Å². The van der Waals surface area contributed by atoms with Crippen LogP contribution in [0.25, 0.3) is 6.08 Å². The molecule has 0 radical (unpaired) electrons. The summed E-state index contributed by atoms with van der Waals surface area (Å²) in [6.45, 7) is 0. The first-order valence-corrected chi connectivity index (χ1v) is 4.60. The molecule has 0 aliphatic rings. The molecule has 0 saturated carbocycles. The van der Waals surface area contributed by atoms with E-state index in [-0.39, 0.29) is 6.29 Å². The van der Waals surface area contributed by atoms with E-state index < -0.39 is 5.78 Å². The molecule has 16 heavy (non-hydrogen) atoms. The molecule has 4 nitrogen and oxygen atoms in total. The van der Waals surface area contributed by atoms with Gasteiger partial charge in [-0.05, 0) is 23.8 Å². The smallest absolute Gasteiger partial charge is 0.218 e. The summed E-state index contributed by atoms with van der Waals surface area (Å²) in [5, 5.41) is 0. The predicted molar refractivity (Wildman–Crippen MR) is 59.7 cm³/mol. The Morgan fingerprint density at radius 3 is 2.44 bits per heavy atom. The zero-order chi connectivity index (χ0) is 12.0. The third-order valence-corrected chi connectivity index (χ3v) is 1.96. The van der Waals surface area contributed by atoms with Crippen LogP contribution < -0.4 is 9.47 Å². The fourth-order valence-electron chi connectivity index (χ4n) is 1.17. The van der Waals surface area contributed by atoms with E-state index >= 15 is 0 Å². The lowest BCUT2D eigenvalue weighted by Crippen LogP contribution is -1.92. The summed E-state index contributed by atoms with van der Waals surface area (Å²) >= 11 is 0. The zero-order valence-corrected chi connectivity index (χ0v) is 9.10. The second-order valence-electron chi connectivity index (χ2n) is 2.97. The van der Waals surface area contributed by atoms with Crippen LogP contribution in [0.15, 0.2) is 24.3 Å². The lowest BCUT2D eigenvalue weighted by molar-refractivity contribution is -0.126. The summed E-state index contributed by atoms with van der Waals surface area (Å²) in [5.41, 5.74) is 0.757. The average Bonchev–Trinajstić information content (AvgIpc) is 2.35. The maximum atomic E-state index is 10.8. The second kappa shape index (κ2) is 5.70. The van der Waals surface area contributed by atoms with Gasteiger partial charge in [-0.3, -0.25) is 9.59 Å². The van der Waals surface area contributed by atoms with Gasteiger partial charge >= 0.3 is 0 Å². The molecule has 1 aromatic carbocycles. The zero-order valence-electron chi connectivity index (χ0n) is 9.10. The van der Waals surface area contributed by atoms with Crippen LogP contribution in [-0.4, -0.2) is 26.3 Å². The highest BCUT2D eigenvalue weighted by atomic mass is 16.5. The second-order valence-corrected chi connectivity index (χ2v) is 2.97. The van der Waals surface area contributed by atoms with Gasteiger partial charge in [0.05, 0.1) is 14.2 Å². The molecule has 84 valence electrons. The molecule has 0 heterocycles. The Balaban J connectivity index is 2.95. The van der Waals surface area contributed by atoms with Crippen molar-refractivity contribution in [1.29, 1.82) is 0 Å². The molecule has 0 aliphatic carbocycles. The predicted octanol–water partition coefficient (Wildman–Crippen LogP) is 1.49. The van der Waals surface area contributed by atoms with Gasteiger partial charge in [-0.15, -0.1) is 0 Å². The van der Waals surface area contributed by atoms with E-state index in [1.54, 1.807) is 31.4 Å². The maximum Gasteiger partial charge on any atom is 0.218 e. The molecule has 0 atom stereocenters. The fraction of sp³-hybridized carbons (Fsp3) is 0.167. The van der Waals surface area contributed by atoms with E-state index in [9.17, 15) is 9.59 Å². The number of rotatable bonds is 5. The Labute approximate surface area is 93.5 Å². The number of benzene rings is 1. The minimum atomic E-state index is -0.574. The number of hydrogen-bond acceptors (Lipinski definition) is 4. The Hall–Kier alpha value is -2.10. The normalized spacial score (nSPS) is 10.1. The van der Waals surface area contributed by atoms with Gasteiger partial charge in [0.15, 0.2) is 17.8 Å². The van der Waals surface area contributed by atoms with Gasteiger partial charge in [-0.2, -0.15) is 0 Å². The first kappa shape index (κ1) is 12.0. The van der Waals surface area contributed by atoms with Gasteiger partial charge < -0.3 is 9.47 Å². The summed E-state index contributed by atoms with van der Waals surface area (Å²) < 4.78 is 10.2. The van der Waals surface area contributed by atoms with E-state index in [0.717, 1.165) is 5.56 Å². The Morgan fingerprint density at radius 1 is 1.19 bits per heavy atom. The molecule has 0 N–H and O–H groups in total. The number of methoxy groups -OCH3 is 2. The summed E-state index contributed by atoms with van der Waals surface area (Å²) in [5.74, 6) is 0.611. The van der Waals surface area contributed by atoms with Gasteiger partial charge in [-0.25, -0.2) is 0 Å². The number of hydrogen-bond donors (Lipinski definition) is 0. The molecule has 0 unspecified atom stereocenters. The molecular weight excluding hydrogens is 208 g/mol. The van der Waals surface area contributed by atoms with Crippen LogP contribution in [0.1, 0.15) is 5.56 Å². The monoisotopic (exact) mass is 220 g/mol. The Bertz CT molecular complexity index is 421. The quantitative estimate of drug-likeness (QED) is 0.428. The van der Waals surface area contributed by atoms with Crippen LogP contribution in [0.5, 0.6) is 11.5 Å². The fourth-order valence-corrected chi connectivity index (χ4v) is 1.17. The van der Waals surface area contributed by atoms with Gasteiger partial charge in [0, 0.05) is 0 Å². The lowest BCUT2D eigenvalue weighted by atomic mass is 10.1. The molecule has 0 spiro atoms. The summed E-state index contributed by atoms with van der Waals surface area (Å²) in [6, 6.07) is 5.20. The van der Waals surface area contributed by atoms with Crippen molar-refractivity contribution in [2.24, 2.45) is 0 Å². The van der Waals surface area contributed by atoms with Crippen molar-refractivity contribution < 1.29 is 19.1 Å². The minimum absolute atomic E-state index is 0.261. The highest BCUT2D eigenvalue weighted by Crippen LogP contribution is 2.27. The molecule has 1 rings (SSSR count). The number of carbonyl (C=O) groups is 2. The maximum absolute atomic E-state index is 10.8. The van der Waals surface area contributed by atoms with Crippen molar-refractivity contribution in [1.82, 2.24) is 0 Å². The molecular formula is C12H12O4. The third-order valence-electron chi connectivity index (χ3n) is 1.96. The van der Waals surface area contributed by atoms with Crippen LogP contribution in [0.2, 0.25) is 0 Å². The summed E-state index contributed by atoms with van der Waals surface area (Å²) in [4.78, 5) is 20.9. The van der Waals surface area contributed by atoms with E-state index in [0.29, 0.717) is 11.5 Å². The molecule has 0 aromatic heterocycles. The Morgan fingerprint density at radius 2 is 1.88 bits per heavy atom. The number of ketones is 1.